The fraction of sp³-hybridized carbons (Fsp3) is 0.621. The highest BCUT2D eigenvalue weighted by Gasteiger charge is 2.49. The molecule has 10 atom stereocenters. The largest absolute Gasteiger partial charge is 0.390 e. The van der Waals surface area contributed by atoms with Crippen LogP contribution in [0.1, 0.15) is 65.8 Å². The van der Waals surface area contributed by atoms with Gasteiger partial charge >= 0.3 is 0 Å². The van der Waals surface area contributed by atoms with Crippen LogP contribution in [0, 0.1) is 29.6 Å². The third-order valence-electron chi connectivity index (χ3n) is 9.98. The van der Waals surface area contributed by atoms with Crippen LogP contribution in [0.25, 0.3) is 22.3 Å². The summed E-state index contributed by atoms with van der Waals surface area (Å²) in [7, 11) is 0. The summed E-state index contributed by atoms with van der Waals surface area (Å²) in [4.78, 5) is 56.9. The minimum absolute atomic E-state index is 0.0563. The summed E-state index contributed by atoms with van der Waals surface area (Å²) in [5.74, 6) is 2.33. The van der Waals surface area contributed by atoms with Crippen LogP contribution in [0.5, 0.6) is 0 Å². The van der Waals surface area contributed by atoms with Gasteiger partial charge in [0.2, 0.25) is 17.8 Å². The number of imidazole rings is 2. The van der Waals surface area contributed by atoms with Crippen molar-refractivity contribution in [1.29, 1.82) is 0 Å². The lowest BCUT2D eigenvalue weighted by molar-refractivity contribution is -0.114. The van der Waals surface area contributed by atoms with E-state index < -0.39 is 6.10 Å². The third kappa shape index (κ3) is 5.10. The summed E-state index contributed by atoms with van der Waals surface area (Å²) in [5, 5.41) is 12.6. The van der Waals surface area contributed by atoms with E-state index in [9.17, 15) is 19.5 Å². The molecule has 16 nitrogen and oxygen atoms in total. The minimum atomic E-state index is -0.425. The number of nitrogens with two attached hydrogens (primary N) is 1. The molecule has 2 aliphatic carbocycles. The quantitative estimate of drug-likeness (QED) is 0.221. The molecule has 2 aliphatic heterocycles. The lowest BCUT2D eigenvalue weighted by atomic mass is 9.94. The topological polar surface area (TPSA) is 221 Å². The Bertz CT molecular complexity index is 1850. The predicted octanol–water partition coefficient (Wildman–Crippen LogP) is 1.66. The van der Waals surface area contributed by atoms with Gasteiger partial charge in [-0.15, -0.1) is 0 Å². The number of aliphatic hydroxyl groups excluding tert-OH is 1. The molecule has 4 fully saturated rings. The van der Waals surface area contributed by atoms with Crippen LogP contribution in [0.3, 0.4) is 0 Å². The Morgan fingerprint density at radius 2 is 1.42 bits per heavy atom. The standard InChI is InChI=1S/C16H21N5O3.C13H17N5O3/c1-7-4-8(2)13-10(7)5-11(24-13)21-6-17-12-14(21)19-16(18-9(3)22)20-15(12)23;1-5-2-7(19)10-6(5)3-8(21-10)18-4-15-9-11(18)16-13(14)17-12(9)20/h6-8,10-11,13H,4-5H2,1-3H3,(H2,18,19,20,22,23);4-8,10,19H,2-3H2,1H3,(H3,14,16,17,20)/t7-,8-,10+,11+,13-;5-,6+,7-,8+,10+/m11/s1. The zero-order valence-corrected chi connectivity index (χ0v) is 25.5. The lowest BCUT2D eigenvalue weighted by Gasteiger charge is -2.17. The molecular formula is C29H38N10O6. The predicted molar refractivity (Wildman–Crippen MR) is 162 cm³/mol. The molecule has 16 heteroatoms. The molecule has 0 spiro atoms. The highest BCUT2D eigenvalue weighted by Crippen LogP contribution is 2.49. The molecule has 45 heavy (non-hydrogen) atoms. The number of fused-ring (bicyclic) bond motifs is 4. The molecule has 6 heterocycles. The van der Waals surface area contributed by atoms with Crippen molar-refractivity contribution < 1.29 is 19.4 Å². The van der Waals surface area contributed by atoms with Crippen LogP contribution < -0.4 is 22.2 Å². The number of aromatic nitrogens is 8. The fourth-order valence-corrected chi connectivity index (χ4v) is 7.91. The molecule has 1 amide bonds. The van der Waals surface area contributed by atoms with E-state index in [-0.39, 0.29) is 64.6 Å². The number of nitrogen functional groups attached to an aromatic ring is 1. The molecule has 4 aliphatic rings. The Balaban J connectivity index is 0.000000146. The number of ether oxygens (including phenoxy) is 2. The van der Waals surface area contributed by atoms with Gasteiger partial charge in [-0.3, -0.25) is 38.8 Å². The van der Waals surface area contributed by atoms with E-state index >= 15 is 0 Å². The number of anilines is 2. The van der Waals surface area contributed by atoms with Gasteiger partial charge in [-0.2, -0.15) is 9.97 Å². The van der Waals surface area contributed by atoms with Crippen LogP contribution >= 0.6 is 0 Å². The number of H-pyrrole nitrogens is 2. The van der Waals surface area contributed by atoms with Gasteiger partial charge < -0.3 is 20.3 Å². The van der Waals surface area contributed by atoms with Gasteiger partial charge in [-0.05, 0) is 55.3 Å². The van der Waals surface area contributed by atoms with Gasteiger partial charge in [0.05, 0.1) is 31.0 Å². The summed E-state index contributed by atoms with van der Waals surface area (Å²) in [6.45, 7) is 8.00. The van der Waals surface area contributed by atoms with Crippen molar-refractivity contribution in [3.8, 4) is 0 Å². The van der Waals surface area contributed by atoms with E-state index in [2.05, 4.69) is 56.0 Å². The van der Waals surface area contributed by atoms with Crippen molar-refractivity contribution in [3.63, 3.8) is 0 Å². The van der Waals surface area contributed by atoms with E-state index in [0.717, 1.165) is 19.3 Å². The van der Waals surface area contributed by atoms with Gasteiger partial charge in [0.25, 0.3) is 11.1 Å². The molecule has 0 bridgehead atoms. The number of nitrogens with one attached hydrogen (secondary N) is 3. The highest BCUT2D eigenvalue weighted by molar-refractivity contribution is 5.87. The first-order valence-electron chi connectivity index (χ1n) is 15.4. The maximum Gasteiger partial charge on any atom is 0.280 e. The molecule has 4 aromatic heterocycles. The van der Waals surface area contributed by atoms with Crippen LogP contribution in [0.15, 0.2) is 22.2 Å². The molecule has 2 saturated heterocycles. The van der Waals surface area contributed by atoms with E-state index in [4.69, 9.17) is 15.2 Å². The van der Waals surface area contributed by atoms with Crippen LogP contribution in [0.2, 0.25) is 0 Å². The number of hydrogen-bond acceptors (Lipinski definition) is 11. The van der Waals surface area contributed by atoms with Crippen molar-refractivity contribution in [2.75, 3.05) is 11.1 Å². The summed E-state index contributed by atoms with van der Waals surface area (Å²) in [6.07, 6.45) is 6.03. The number of nitrogens with zero attached hydrogens (tertiary/aromatic N) is 6. The first-order valence-corrected chi connectivity index (χ1v) is 15.4. The van der Waals surface area contributed by atoms with Gasteiger partial charge in [0.1, 0.15) is 12.5 Å². The second-order valence-electron chi connectivity index (χ2n) is 13.1. The van der Waals surface area contributed by atoms with Gasteiger partial charge in [-0.25, -0.2) is 9.97 Å². The van der Waals surface area contributed by atoms with Crippen molar-refractivity contribution in [2.45, 2.75) is 84.1 Å². The minimum Gasteiger partial charge on any atom is -0.390 e. The fourth-order valence-electron chi connectivity index (χ4n) is 7.91. The monoisotopic (exact) mass is 622 g/mol. The van der Waals surface area contributed by atoms with Crippen molar-refractivity contribution >= 4 is 40.1 Å². The molecule has 8 rings (SSSR count). The Labute approximate surface area is 256 Å². The van der Waals surface area contributed by atoms with Crippen molar-refractivity contribution in [2.24, 2.45) is 29.6 Å². The smallest absolute Gasteiger partial charge is 0.280 e. The molecule has 6 N–H and O–H groups in total. The second kappa shape index (κ2) is 11.0. The highest BCUT2D eigenvalue weighted by atomic mass is 16.5. The molecule has 2 saturated carbocycles. The summed E-state index contributed by atoms with van der Waals surface area (Å²) < 4.78 is 15.8. The number of rotatable bonds is 3. The van der Waals surface area contributed by atoms with E-state index in [1.54, 1.807) is 17.2 Å². The summed E-state index contributed by atoms with van der Waals surface area (Å²) in [6, 6.07) is 0. The van der Waals surface area contributed by atoms with Crippen molar-refractivity contribution in [1.82, 2.24) is 39.0 Å². The van der Waals surface area contributed by atoms with Crippen LogP contribution in [-0.2, 0) is 14.3 Å². The van der Waals surface area contributed by atoms with Crippen LogP contribution in [-0.4, -0.2) is 68.4 Å². The Kier molecular flexibility index (Phi) is 7.24. The number of carbonyl (C=O) groups is 1. The number of aromatic amines is 2. The number of carbonyl (C=O) groups excluding carboxylic acids is 1. The molecule has 240 valence electrons. The van der Waals surface area contributed by atoms with Crippen molar-refractivity contribution in [3.05, 3.63) is 33.4 Å². The number of aliphatic hydroxyl groups is 1. The Morgan fingerprint density at radius 3 is 2.02 bits per heavy atom. The number of amides is 1. The van der Waals surface area contributed by atoms with Gasteiger partial charge in [-0.1, -0.05) is 20.8 Å². The number of hydrogen-bond donors (Lipinski definition) is 5. The molecule has 4 aromatic rings. The molecule has 0 unspecified atom stereocenters. The zero-order valence-electron chi connectivity index (χ0n) is 25.5. The summed E-state index contributed by atoms with van der Waals surface area (Å²) in [5.41, 5.74) is 6.23. The molecule has 0 aromatic carbocycles. The lowest BCUT2D eigenvalue weighted by Crippen LogP contribution is -2.23. The maximum atomic E-state index is 12.1. The van der Waals surface area contributed by atoms with E-state index in [0.29, 0.717) is 40.9 Å². The Morgan fingerprint density at radius 1 is 0.867 bits per heavy atom. The Hall–Kier alpha value is -4.15. The molecule has 0 radical (unpaired) electrons. The second-order valence-corrected chi connectivity index (χ2v) is 13.1. The summed E-state index contributed by atoms with van der Waals surface area (Å²) >= 11 is 0. The van der Waals surface area contributed by atoms with Gasteiger partial charge in [0.15, 0.2) is 22.3 Å². The maximum absolute atomic E-state index is 12.1. The SMILES string of the molecule is CC(=O)Nc1nc2c(ncn2[C@@H]2C[C@@H]3[C@H](O2)[C@H](C)C[C@H]3C)c(=O)[nH]1.C[C@@H]1C[C@@H](O)[C@H]2O[C@H](n3cnc4c(=O)[nH]c(N)nc43)C[C@H]21. The van der Waals surface area contributed by atoms with Crippen LogP contribution in [0.4, 0.5) is 11.9 Å². The first kappa shape index (κ1) is 29.6. The van der Waals surface area contributed by atoms with E-state index in [1.165, 1.54) is 13.3 Å². The van der Waals surface area contributed by atoms with E-state index in [1.807, 2.05) is 4.57 Å². The normalized spacial score (nSPS) is 33.7. The average Bonchev–Trinajstić information content (AvgIpc) is 3.79. The molecular weight excluding hydrogens is 584 g/mol. The first-order chi connectivity index (χ1) is 21.5. The van der Waals surface area contributed by atoms with Gasteiger partial charge in [0, 0.05) is 6.92 Å². The average molecular weight is 623 g/mol. The third-order valence-corrected chi connectivity index (χ3v) is 9.98. The zero-order chi connectivity index (χ0) is 31.7.